The summed E-state index contributed by atoms with van der Waals surface area (Å²) in [6, 6.07) is 10.3. The van der Waals surface area contributed by atoms with E-state index in [9.17, 15) is 4.39 Å². The van der Waals surface area contributed by atoms with Crippen LogP contribution in [-0.2, 0) is 6.42 Å². The van der Waals surface area contributed by atoms with E-state index in [2.05, 4.69) is 70.6 Å². The lowest BCUT2D eigenvalue weighted by Gasteiger charge is -2.11. The van der Waals surface area contributed by atoms with Crippen molar-refractivity contribution in [3.63, 3.8) is 0 Å². The van der Waals surface area contributed by atoms with E-state index in [1.165, 1.54) is 47.3 Å². The molecule has 0 aromatic heterocycles. The number of aliphatic imine (C=N–C) groups is 1. The molecule has 258 valence electrons. The van der Waals surface area contributed by atoms with Gasteiger partial charge in [0.1, 0.15) is 10.9 Å². The second kappa shape index (κ2) is 29.5. The maximum Gasteiger partial charge on any atom is 0.133 e. The van der Waals surface area contributed by atoms with Crippen molar-refractivity contribution < 1.29 is 4.39 Å². The molecule has 2 aromatic rings. The summed E-state index contributed by atoms with van der Waals surface area (Å²) in [6.07, 6.45) is 13.3. The molecule has 0 spiro atoms. The van der Waals surface area contributed by atoms with E-state index in [0.29, 0.717) is 5.56 Å². The lowest BCUT2D eigenvalue weighted by atomic mass is 10.0. The van der Waals surface area contributed by atoms with E-state index in [1.807, 2.05) is 93.5 Å². The lowest BCUT2D eigenvalue weighted by molar-refractivity contribution is 0.613. The van der Waals surface area contributed by atoms with E-state index < -0.39 is 0 Å². The molecule has 0 N–H and O–H groups in total. The third-order valence-corrected chi connectivity index (χ3v) is 8.05. The zero-order chi connectivity index (χ0) is 36.2. The predicted octanol–water partition coefficient (Wildman–Crippen LogP) is 15.3. The molecule has 3 heteroatoms. The summed E-state index contributed by atoms with van der Waals surface area (Å²) >= 11 is 1.66. The summed E-state index contributed by atoms with van der Waals surface area (Å²) in [5.41, 5.74) is 9.38. The van der Waals surface area contributed by atoms with Crippen molar-refractivity contribution in [3.8, 4) is 0 Å². The Morgan fingerprint density at radius 2 is 1.37 bits per heavy atom. The zero-order valence-corrected chi connectivity index (χ0v) is 33.0. The number of halogens is 1. The minimum absolute atomic E-state index is 0.0874. The van der Waals surface area contributed by atoms with Crippen molar-refractivity contribution >= 4 is 28.0 Å². The maximum atomic E-state index is 13.7. The number of thioether (sulfide) groups is 1. The van der Waals surface area contributed by atoms with Crippen LogP contribution in [0, 0.1) is 19.7 Å². The average Bonchev–Trinajstić information content (AvgIpc) is 3.05. The molecule has 0 fully saturated rings. The lowest BCUT2D eigenvalue weighted by Crippen LogP contribution is -1.95. The fourth-order valence-electron chi connectivity index (χ4n) is 3.56. The van der Waals surface area contributed by atoms with Gasteiger partial charge in [0.05, 0.1) is 0 Å². The number of hydrogen-bond acceptors (Lipinski definition) is 2. The fraction of sp³-hybridized carbons (Fsp3) is 0.465. The molecule has 0 unspecified atom stereocenters. The van der Waals surface area contributed by atoms with E-state index in [4.69, 9.17) is 0 Å². The van der Waals surface area contributed by atoms with Crippen LogP contribution in [0.3, 0.4) is 0 Å². The first-order chi connectivity index (χ1) is 21.7. The van der Waals surface area contributed by atoms with Gasteiger partial charge in [-0.25, -0.2) is 9.38 Å². The molecule has 0 aliphatic carbocycles. The molecule has 0 bridgehead atoms. The Morgan fingerprint density at radius 1 is 0.848 bits per heavy atom. The standard InChI is InChI=1S/C18H23NS.C12H15F.C6H14.C5H10.C2H6/c1-7-11-19-18(14(5)6)20-16-9-10-17(13(3)4)15(8-2)12-16;1-5-8(2)11-7-6-9(3)10(4)12(11)13;1-3-5-6-4-2;1-4-5(2)3;1-2/h7,9-12H,3,5,8H2,1-2,4,6H3;5-7H,1-4H3;3-6H2,1-2H3;2,4H2,1,3H3;1-2H3/b11-7-,19-18?;8-5+;;;. The first kappa shape index (κ1) is 47.5. The van der Waals surface area contributed by atoms with Gasteiger partial charge in [-0.05, 0) is 114 Å². The summed E-state index contributed by atoms with van der Waals surface area (Å²) in [5.74, 6) is -0.0874. The van der Waals surface area contributed by atoms with Crippen molar-refractivity contribution in [3.05, 3.63) is 113 Å². The Balaban J connectivity index is -0.000000606. The largest absolute Gasteiger partial charge is 0.250 e. The summed E-state index contributed by atoms with van der Waals surface area (Å²) in [6.45, 7) is 40.0. The van der Waals surface area contributed by atoms with Gasteiger partial charge in [0, 0.05) is 16.7 Å². The monoisotopic (exact) mass is 650 g/mol. The topological polar surface area (TPSA) is 12.4 Å². The maximum absolute atomic E-state index is 13.7. The Kier molecular flexibility index (Phi) is 30.4. The number of nitrogens with zero attached hydrogens (tertiary/aromatic N) is 1. The van der Waals surface area contributed by atoms with Crippen LogP contribution in [-0.4, -0.2) is 5.04 Å². The van der Waals surface area contributed by atoms with Crippen LogP contribution in [0.4, 0.5) is 4.39 Å². The summed E-state index contributed by atoms with van der Waals surface area (Å²) < 4.78 is 13.7. The van der Waals surface area contributed by atoms with Gasteiger partial charge in [-0.2, -0.15) is 0 Å². The first-order valence-electron chi connectivity index (χ1n) is 17.1. The Hall–Kier alpha value is -2.91. The molecule has 0 saturated carbocycles. The molecule has 0 aliphatic heterocycles. The number of aryl methyl sites for hydroxylation is 2. The van der Waals surface area contributed by atoms with Gasteiger partial charge in [0.15, 0.2) is 0 Å². The molecule has 46 heavy (non-hydrogen) atoms. The van der Waals surface area contributed by atoms with Crippen molar-refractivity contribution in [2.45, 2.75) is 140 Å². The molecular weight excluding hydrogens is 582 g/mol. The van der Waals surface area contributed by atoms with Crippen molar-refractivity contribution in [2.75, 3.05) is 0 Å². The molecule has 0 saturated heterocycles. The van der Waals surface area contributed by atoms with E-state index in [1.54, 1.807) is 18.0 Å². The van der Waals surface area contributed by atoms with Crippen LogP contribution in [0.5, 0.6) is 0 Å². The van der Waals surface area contributed by atoms with Gasteiger partial charge in [0.25, 0.3) is 0 Å². The van der Waals surface area contributed by atoms with E-state index in [-0.39, 0.29) is 5.82 Å². The van der Waals surface area contributed by atoms with Gasteiger partial charge < -0.3 is 0 Å². The highest BCUT2D eigenvalue weighted by Crippen LogP contribution is 2.28. The van der Waals surface area contributed by atoms with E-state index >= 15 is 0 Å². The highest BCUT2D eigenvalue weighted by Gasteiger charge is 2.08. The normalized spacial score (nSPS) is 10.7. The van der Waals surface area contributed by atoms with Gasteiger partial charge in [-0.15, -0.1) is 6.58 Å². The number of unbranched alkanes of at least 4 members (excludes halogenated alkanes) is 3. The molecule has 0 atom stereocenters. The van der Waals surface area contributed by atoms with Gasteiger partial charge in [0.2, 0.25) is 0 Å². The van der Waals surface area contributed by atoms with Crippen LogP contribution in [0.1, 0.15) is 143 Å². The number of hydrogen-bond donors (Lipinski definition) is 0. The van der Waals surface area contributed by atoms with Gasteiger partial charge in [-0.1, -0.05) is 134 Å². The minimum atomic E-state index is -0.0874. The van der Waals surface area contributed by atoms with Crippen molar-refractivity contribution in [1.29, 1.82) is 0 Å². The van der Waals surface area contributed by atoms with Crippen molar-refractivity contribution in [1.82, 2.24) is 0 Å². The fourth-order valence-corrected chi connectivity index (χ4v) is 4.41. The van der Waals surface area contributed by atoms with Gasteiger partial charge in [-0.3, -0.25) is 0 Å². The Labute approximate surface area is 290 Å². The first-order valence-corrected chi connectivity index (χ1v) is 17.9. The van der Waals surface area contributed by atoms with Crippen LogP contribution in [0.15, 0.2) is 89.5 Å². The molecule has 0 aliphatic rings. The van der Waals surface area contributed by atoms with E-state index in [0.717, 1.165) is 45.7 Å². The quantitative estimate of drug-likeness (QED) is 0.0820. The average molecular weight is 650 g/mol. The second-order valence-electron chi connectivity index (χ2n) is 11.1. The Morgan fingerprint density at radius 3 is 1.76 bits per heavy atom. The molecule has 2 aromatic carbocycles. The third kappa shape index (κ3) is 21.0. The van der Waals surface area contributed by atoms with Crippen LogP contribution in [0.25, 0.3) is 11.1 Å². The van der Waals surface area contributed by atoms with Crippen molar-refractivity contribution in [2.24, 2.45) is 4.99 Å². The highest BCUT2D eigenvalue weighted by molar-refractivity contribution is 8.14. The molecule has 0 amide bonds. The molecule has 2 rings (SSSR count). The summed E-state index contributed by atoms with van der Waals surface area (Å²) in [4.78, 5) is 5.62. The molecule has 0 heterocycles. The summed E-state index contributed by atoms with van der Waals surface area (Å²) in [7, 11) is 0. The molecule has 0 radical (unpaired) electrons. The number of allylic oxidation sites excluding steroid dienone is 5. The van der Waals surface area contributed by atoms with Crippen LogP contribution in [0.2, 0.25) is 0 Å². The predicted molar refractivity (Wildman–Crippen MR) is 215 cm³/mol. The SMILES string of the molecule is C/C=C(\C)c1ccc(C)c(C)c1F.C=C(C)C(=N/C=C\C)Sc1ccc(C(=C)C)c(CC)c1.C=C(C)CC.CC.CCCCCC. The number of benzene rings is 2. The zero-order valence-electron chi connectivity index (χ0n) is 32.2. The summed E-state index contributed by atoms with van der Waals surface area (Å²) in [5, 5.41) is 0.952. The molecule has 1 nitrogen and oxygen atoms in total. The van der Waals surface area contributed by atoms with Crippen LogP contribution >= 0.6 is 11.8 Å². The third-order valence-electron chi connectivity index (χ3n) is 6.91. The second-order valence-corrected chi connectivity index (χ2v) is 12.2. The minimum Gasteiger partial charge on any atom is -0.250 e. The van der Waals surface area contributed by atoms with Crippen LogP contribution < -0.4 is 0 Å². The number of rotatable bonds is 10. The smallest absolute Gasteiger partial charge is 0.133 e. The highest BCUT2D eigenvalue weighted by atomic mass is 32.2. The molecular formula is C43H68FNS. The van der Waals surface area contributed by atoms with Gasteiger partial charge >= 0.3 is 0 Å². The Bertz CT molecular complexity index is 1260.